The van der Waals surface area contributed by atoms with Crippen LogP contribution in [0.5, 0.6) is 5.88 Å². The zero-order chi connectivity index (χ0) is 20.8. The van der Waals surface area contributed by atoms with Crippen molar-refractivity contribution < 1.29 is 14.6 Å². The fraction of sp³-hybridized carbons (Fsp3) is 0.286. The number of aromatic nitrogens is 4. The van der Waals surface area contributed by atoms with E-state index < -0.39 is 11.9 Å². The molecule has 2 aromatic heterocycles. The van der Waals surface area contributed by atoms with Crippen molar-refractivity contribution in [1.82, 2.24) is 19.9 Å². The zero-order valence-corrected chi connectivity index (χ0v) is 16.6. The normalized spacial score (nSPS) is 11.7. The fourth-order valence-electron chi connectivity index (χ4n) is 2.92. The SMILES string of the molecule is CCC(Cc1cnc(-c2cc(C)cc(Nc3nccc(OC)n3)c2)cn1)C(=O)O. The van der Waals surface area contributed by atoms with Gasteiger partial charge in [-0.05, 0) is 37.1 Å². The predicted octanol–water partition coefficient (Wildman–Crippen LogP) is 3.65. The van der Waals surface area contributed by atoms with Crippen molar-refractivity contribution in [3.63, 3.8) is 0 Å². The third kappa shape index (κ3) is 5.25. The molecule has 0 spiro atoms. The summed E-state index contributed by atoms with van der Waals surface area (Å²) < 4.78 is 5.12. The van der Waals surface area contributed by atoms with E-state index in [9.17, 15) is 9.90 Å². The molecule has 0 aliphatic heterocycles. The highest BCUT2D eigenvalue weighted by atomic mass is 16.5. The van der Waals surface area contributed by atoms with E-state index in [1.165, 1.54) is 0 Å². The minimum atomic E-state index is -0.812. The van der Waals surface area contributed by atoms with E-state index in [4.69, 9.17) is 4.74 Å². The van der Waals surface area contributed by atoms with Crippen LogP contribution in [-0.2, 0) is 11.2 Å². The van der Waals surface area contributed by atoms with Gasteiger partial charge in [0.25, 0.3) is 0 Å². The molecule has 29 heavy (non-hydrogen) atoms. The second-order valence-corrected chi connectivity index (χ2v) is 6.68. The number of hydrogen-bond donors (Lipinski definition) is 2. The van der Waals surface area contributed by atoms with Crippen molar-refractivity contribution in [3.8, 4) is 17.1 Å². The van der Waals surface area contributed by atoms with Gasteiger partial charge >= 0.3 is 5.97 Å². The van der Waals surface area contributed by atoms with Crippen molar-refractivity contribution in [2.24, 2.45) is 5.92 Å². The maximum Gasteiger partial charge on any atom is 0.306 e. The maximum absolute atomic E-state index is 11.2. The van der Waals surface area contributed by atoms with Crippen molar-refractivity contribution in [1.29, 1.82) is 0 Å². The van der Waals surface area contributed by atoms with Crippen LogP contribution in [0.1, 0.15) is 24.6 Å². The number of carbonyl (C=O) groups is 1. The standard InChI is InChI=1S/C21H23N5O3/c1-4-14(20(27)28)9-17-11-24-18(12-23-17)15-7-13(2)8-16(10-15)25-21-22-6-5-19(26-21)29-3/h5-8,10-12,14H,4,9H2,1-3H3,(H,27,28)(H,22,25,26). The summed E-state index contributed by atoms with van der Waals surface area (Å²) >= 11 is 0. The molecule has 0 radical (unpaired) electrons. The summed E-state index contributed by atoms with van der Waals surface area (Å²) in [4.78, 5) is 28.6. The first-order chi connectivity index (χ1) is 14.0. The molecular weight excluding hydrogens is 370 g/mol. The summed E-state index contributed by atoms with van der Waals surface area (Å²) in [5.41, 5.74) is 4.11. The summed E-state index contributed by atoms with van der Waals surface area (Å²) in [5, 5.41) is 12.4. The summed E-state index contributed by atoms with van der Waals surface area (Å²) in [6, 6.07) is 7.60. The molecule has 0 aliphatic carbocycles. The largest absolute Gasteiger partial charge is 0.481 e. The highest BCUT2D eigenvalue weighted by Gasteiger charge is 2.16. The zero-order valence-electron chi connectivity index (χ0n) is 16.6. The van der Waals surface area contributed by atoms with Crippen LogP contribution in [0.4, 0.5) is 11.6 Å². The third-order valence-corrected chi connectivity index (χ3v) is 4.47. The Morgan fingerprint density at radius 3 is 2.69 bits per heavy atom. The summed E-state index contributed by atoms with van der Waals surface area (Å²) in [5.74, 6) is -0.356. The van der Waals surface area contributed by atoms with Crippen LogP contribution in [0.25, 0.3) is 11.3 Å². The number of carboxylic acid groups (broad SMARTS) is 1. The van der Waals surface area contributed by atoms with Gasteiger partial charge in [0.15, 0.2) is 0 Å². The summed E-state index contributed by atoms with van der Waals surface area (Å²) in [7, 11) is 1.55. The third-order valence-electron chi connectivity index (χ3n) is 4.47. The van der Waals surface area contributed by atoms with Gasteiger partial charge in [0.05, 0.1) is 30.6 Å². The average molecular weight is 393 g/mol. The molecule has 0 saturated carbocycles. The number of ether oxygens (including phenoxy) is 1. The minimum absolute atomic E-state index is 0.368. The molecule has 3 rings (SSSR count). The first-order valence-electron chi connectivity index (χ1n) is 9.28. The highest BCUT2D eigenvalue weighted by Crippen LogP contribution is 2.25. The molecule has 1 aromatic carbocycles. The number of rotatable bonds is 8. The minimum Gasteiger partial charge on any atom is -0.481 e. The van der Waals surface area contributed by atoms with Gasteiger partial charge in [-0.15, -0.1) is 0 Å². The molecule has 0 saturated heterocycles. The molecule has 0 fully saturated rings. The van der Waals surface area contributed by atoms with Gasteiger partial charge in [-0.25, -0.2) is 4.98 Å². The van der Waals surface area contributed by atoms with Gasteiger partial charge in [0.1, 0.15) is 0 Å². The Morgan fingerprint density at radius 2 is 2.03 bits per heavy atom. The number of carboxylic acids is 1. The lowest BCUT2D eigenvalue weighted by Gasteiger charge is -2.11. The van der Waals surface area contributed by atoms with Crippen LogP contribution >= 0.6 is 0 Å². The van der Waals surface area contributed by atoms with Crippen molar-refractivity contribution >= 4 is 17.6 Å². The van der Waals surface area contributed by atoms with E-state index >= 15 is 0 Å². The molecule has 150 valence electrons. The van der Waals surface area contributed by atoms with Crippen molar-refractivity contribution in [3.05, 3.63) is 54.1 Å². The lowest BCUT2D eigenvalue weighted by atomic mass is 10.0. The van der Waals surface area contributed by atoms with Crippen molar-refractivity contribution in [2.75, 3.05) is 12.4 Å². The number of aryl methyl sites for hydroxylation is 1. The Balaban J connectivity index is 1.81. The molecule has 0 amide bonds. The van der Waals surface area contributed by atoms with Crippen LogP contribution < -0.4 is 10.1 Å². The van der Waals surface area contributed by atoms with Gasteiger partial charge < -0.3 is 15.2 Å². The van der Waals surface area contributed by atoms with Gasteiger partial charge in [-0.2, -0.15) is 4.98 Å². The Labute approximate surface area is 169 Å². The monoisotopic (exact) mass is 393 g/mol. The number of benzene rings is 1. The quantitative estimate of drug-likeness (QED) is 0.597. The number of hydrogen-bond acceptors (Lipinski definition) is 7. The highest BCUT2D eigenvalue weighted by molar-refractivity contribution is 5.70. The van der Waals surface area contributed by atoms with Crippen LogP contribution in [-0.4, -0.2) is 38.1 Å². The molecule has 0 aliphatic rings. The molecule has 8 nitrogen and oxygen atoms in total. The van der Waals surface area contributed by atoms with Crippen LogP contribution in [0, 0.1) is 12.8 Å². The smallest absolute Gasteiger partial charge is 0.306 e. The number of nitrogens with one attached hydrogen (secondary N) is 1. The van der Waals surface area contributed by atoms with E-state index in [0.717, 1.165) is 16.8 Å². The number of methoxy groups -OCH3 is 1. The van der Waals surface area contributed by atoms with E-state index in [2.05, 4.69) is 25.3 Å². The molecule has 8 heteroatoms. The van der Waals surface area contributed by atoms with Crippen LogP contribution in [0.15, 0.2) is 42.9 Å². The van der Waals surface area contributed by atoms with Gasteiger partial charge in [0.2, 0.25) is 11.8 Å². The Hall–Kier alpha value is -3.55. The molecule has 1 unspecified atom stereocenters. The van der Waals surface area contributed by atoms with Crippen LogP contribution in [0.3, 0.4) is 0 Å². The molecule has 3 aromatic rings. The Kier molecular flexibility index (Phi) is 6.33. The van der Waals surface area contributed by atoms with Crippen molar-refractivity contribution in [2.45, 2.75) is 26.7 Å². The van der Waals surface area contributed by atoms with Gasteiger partial charge in [-0.1, -0.05) is 6.92 Å². The van der Waals surface area contributed by atoms with Gasteiger partial charge in [-0.3, -0.25) is 14.8 Å². The number of nitrogens with zero attached hydrogens (tertiary/aromatic N) is 4. The first-order valence-corrected chi connectivity index (χ1v) is 9.28. The predicted molar refractivity (Wildman–Crippen MR) is 109 cm³/mol. The van der Waals surface area contributed by atoms with Gasteiger partial charge in [0, 0.05) is 36.1 Å². The second-order valence-electron chi connectivity index (χ2n) is 6.68. The van der Waals surface area contributed by atoms with E-state index in [-0.39, 0.29) is 0 Å². The molecule has 2 N–H and O–H groups in total. The molecule has 2 heterocycles. The fourth-order valence-corrected chi connectivity index (χ4v) is 2.92. The lowest BCUT2D eigenvalue weighted by molar-refractivity contribution is -0.141. The second kappa shape index (κ2) is 9.09. The van der Waals surface area contributed by atoms with Crippen LogP contribution in [0.2, 0.25) is 0 Å². The molecule has 1 atom stereocenters. The number of aliphatic carboxylic acids is 1. The average Bonchev–Trinajstić information content (AvgIpc) is 2.72. The first kappa shape index (κ1) is 20.2. The van der Waals surface area contributed by atoms with E-state index in [1.54, 1.807) is 31.8 Å². The number of anilines is 2. The topological polar surface area (TPSA) is 110 Å². The summed E-state index contributed by atoms with van der Waals surface area (Å²) in [6.45, 7) is 3.84. The summed E-state index contributed by atoms with van der Waals surface area (Å²) in [6.07, 6.45) is 5.85. The molecular formula is C21H23N5O3. The van der Waals surface area contributed by atoms with E-state index in [1.807, 2.05) is 32.0 Å². The maximum atomic E-state index is 11.2. The Bertz CT molecular complexity index is 992. The van der Waals surface area contributed by atoms with E-state index in [0.29, 0.717) is 36.1 Å². The molecule has 0 bridgehead atoms. The Morgan fingerprint density at radius 1 is 1.21 bits per heavy atom. The lowest BCUT2D eigenvalue weighted by Crippen LogP contribution is -2.16.